The molecular weight excluding hydrogens is 426 g/mol. The van der Waals surface area contributed by atoms with Gasteiger partial charge in [0, 0.05) is 0 Å². The fraction of sp³-hybridized carbons (Fsp3) is 0.650. The summed E-state index contributed by atoms with van der Waals surface area (Å²) in [4.78, 5) is 26.7. The quantitative estimate of drug-likeness (QED) is 0.142. The van der Waals surface area contributed by atoms with Crippen LogP contribution in [0.4, 0.5) is 0 Å². The smallest absolute Gasteiger partial charge is 0.342 e. The lowest BCUT2D eigenvalue weighted by molar-refractivity contribution is -0.758. The molecule has 0 heterocycles. The van der Waals surface area contributed by atoms with E-state index in [9.17, 15) is 14.9 Å². The zero-order valence-electron chi connectivity index (χ0n) is 19.3. The monoisotopic (exact) mass is 459 g/mol. The van der Waals surface area contributed by atoms with Gasteiger partial charge in [-0.2, -0.15) is 0 Å². The van der Waals surface area contributed by atoms with Gasteiger partial charge in [-0.05, 0) is 37.2 Å². The lowest BCUT2D eigenvalue weighted by Gasteiger charge is -2.37. The van der Waals surface area contributed by atoms with Crippen molar-refractivity contribution in [3.05, 3.63) is 27.8 Å². The molecule has 0 aliphatic rings. The zero-order valence-corrected chi connectivity index (χ0v) is 20.3. The zero-order chi connectivity index (χ0) is 23.7. The van der Waals surface area contributed by atoms with Crippen LogP contribution in [0.2, 0.25) is 18.1 Å². The number of esters is 1. The molecule has 0 spiro atoms. The molecule has 0 N–H and O–H groups in total. The van der Waals surface area contributed by atoms with Crippen molar-refractivity contribution in [3.63, 3.8) is 0 Å². The molecule has 0 unspecified atom stereocenters. The van der Waals surface area contributed by atoms with E-state index in [1.807, 2.05) is 0 Å². The van der Waals surface area contributed by atoms with Crippen LogP contribution < -0.4 is 13.9 Å². The summed E-state index contributed by atoms with van der Waals surface area (Å²) < 4.78 is 28.1. The summed E-state index contributed by atoms with van der Waals surface area (Å²) in [5.41, 5.74) is 0.206. The molecule has 0 aliphatic heterocycles. The molecule has 11 heteroatoms. The van der Waals surface area contributed by atoms with Gasteiger partial charge in [-0.25, -0.2) is 4.79 Å². The van der Waals surface area contributed by atoms with Gasteiger partial charge in [0.15, 0.2) is 11.5 Å². The molecular formula is C20H33NO9Si. The Morgan fingerprint density at radius 1 is 1.10 bits per heavy atom. The lowest BCUT2D eigenvalue weighted by atomic mass is 10.1. The van der Waals surface area contributed by atoms with Gasteiger partial charge in [0.05, 0.1) is 26.9 Å². The van der Waals surface area contributed by atoms with Crippen molar-refractivity contribution in [1.29, 1.82) is 0 Å². The van der Waals surface area contributed by atoms with Crippen molar-refractivity contribution in [2.45, 2.75) is 45.8 Å². The average Bonchev–Trinajstić information content (AvgIpc) is 2.66. The summed E-state index contributed by atoms with van der Waals surface area (Å²) in [6.45, 7) is 12.5. The van der Waals surface area contributed by atoms with Crippen LogP contribution in [0.1, 0.15) is 38.1 Å². The lowest BCUT2D eigenvalue weighted by Crippen LogP contribution is -2.44. The summed E-state index contributed by atoms with van der Waals surface area (Å²) >= 11 is 0. The topological polar surface area (TPSA) is 116 Å². The van der Waals surface area contributed by atoms with E-state index in [2.05, 4.69) is 38.7 Å². The van der Waals surface area contributed by atoms with Gasteiger partial charge in [0.2, 0.25) is 5.75 Å². The molecule has 1 aromatic rings. The second-order valence-electron chi connectivity index (χ2n) is 8.07. The van der Waals surface area contributed by atoms with E-state index in [4.69, 9.17) is 23.4 Å². The van der Waals surface area contributed by atoms with E-state index in [1.54, 1.807) is 19.1 Å². The SMILES string of the molecule is CCOC(=O)c1ccc(O[Si](C)(C)C(C)(C)C)c(OC)c1OCCOCCO[N+](=O)[O-]. The Morgan fingerprint density at radius 3 is 2.29 bits per heavy atom. The van der Waals surface area contributed by atoms with Gasteiger partial charge < -0.3 is 28.2 Å². The maximum absolute atomic E-state index is 12.4. The van der Waals surface area contributed by atoms with Gasteiger partial charge >= 0.3 is 5.97 Å². The third-order valence-electron chi connectivity index (χ3n) is 4.85. The average molecular weight is 460 g/mol. The van der Waals surface area contributed by atoms with Crippen LogP contribution in [0, 0.1) is 10.1 Å². The van der Waals surface area contributed by atoms with Crippen LogP contribution in [0.25, 0.3) is 0 Å². The fourth-order valence-electron chi connectivity index (χ4n) is 2.23. The normalized spacial score (nSPS) is 11.6. The summed E-state index contributed by atoms with van der Waals surface area (Å²) in [6.07, 6.45) is 0. The molecule has 0 saturated carbocycles. The number of nitrogens with zero attached hydrogens (tertiary/aromatic N) is 1. The molecule has 0 amide bonds. The van der Waals surface area contributed by atoms with Crippen LogP contribution in [0.5, 0.6) is 17.2 Å². The van der Waals surface area contributed by atoms with Crippen LogP contribution in [-0.4, -0.2) is 59.5 Å². The number of benzene rings is 1. The number of ether oxygens (including phenoxy) is 4. The molecule has 10 nitrogen and oxygen atoms in total. The van der Waals surface area contributed by atoms with Crippen molar-refractivity contribution in [2.75, 3.05) is 40.1 Å². The molecule has 0 fully saturated rings. The van der Waals surface area contributed by atoms with Crippen molar-refractivity contribution >= 4 is 14.3 Å². The van der Waals surface area contributed by atoms with Crippen LogP contribution >= 0.6 is 0 Å². The Morgan fingerprint density at radius 2 is 1.74 bits per heavy atom. The predicted octanol–water partition coefficient (Wildman–Crippen LogP) is 3.86. The first-order chi connectivity index (χ1) is 14.4. The second-order valence-corrected chi connectivity index (χ2v) is 12.8. The van der Waals surface area contributed by atoms with Crippen molar-refractivity contribution in [3.8, 4) is 17.2 Å². The molecule has 0 bridgehead atoms. The highest BCUT2D eigenvalue weighted by Crippen LogP contribution is 2.45. The highest BCUT2D eigenvalue weighted by atomic mass is 28.4. The van der Waals surface area contributed by atoms with Gasteiger partial charge in [-0.1, -0.05) is 20.8 Å². The largest absolute Gasteiger partial charge is 0.541 e. The van der Waals surface area contributed by atoms with E-state index >= 15 is 0 Å². The molecule has 0 aliphatic carbocycles. The van der Waals surface area contributed by atoms with Gasteiger partial charge in [0.1, 0.15) is 18.8 Å². The minimum absolute atomic E-state index is 0.0285. The van der Waals surface area contributed by atoms with Crippen molar-refractivity contribution < 1.29 is 38.1 Å². The molecule has 0 aromatic heterocycles. The fourth-order valence-corrected chi connectivity index (χ4v) is 3.25. The molecule has 1 rings (SSSR count). The summed E-state index contributed by atoms with van der Waals surface area (Å²) in [7, 11) is -0.711. The number of carbonyl (C=O) groups excluding carboxylic acids is 1. The Bertz CT molecular complexity index is 747. The Balaban J connectivity index is 3.07. The first-order valence-corrected chi connectivity index (χ1v) is 12.9. The van der Waals surface area contributed by atoms with Gasteiger partial charge in [-0.3, -0.25) is 0 Å². The van der Waals surface area contributed by atoms with Gasteiger partial charge in [0.25, 0.3) is 13.4 Å². The number of hydrogen-bond acceptors (Lipinski definition) is 9. The minimum atomic E-state index is -2.18. The number of carbonyl (C=O) groups is 1. The van der Waals surface area contributed by atoms with E-state index in [1.165, 1.54) is 7.11 Å². The Hall–Kier alpha value is -2.53. The number of hydrogen-bond donors (Lipinski definition) is 0. The molecule has 31 heavy (non-hydrogen) atoms. The van der Waals surface area contributed by atoms with E-state index in [0.717, 1.165) is 0 Å². The Kier molecular flexibility index (Phi) is 10.0. The first kappa shape index (κ1) is 26.5. The molecule has 1 aromatic carbocycles. The minimum Gasteiger partial charge on any atom is -0.541 e. The maximum atomic E-state index is 12.4. The standard InChI is InChI=1S/C20H33NO9Si/c1-8-27-19(22)15-9-10-16(30-31(6,7)20(2,3)4)18(25-5)17(15)28-13-11-26-12-14-29-21(23)24/h9-10H,8,11-14H2,1-7H3. The maximum Gasteiger partial charge on any atom is 0.342 e. The summed E-state index contributed by atoms with van der Waals surface area (Å²) in [5, 5.41) is 9.20. The summed E-state index contributed by atoms with van der Waals surface area (Å²) in [6, 6.07) is 3.27. The molecule has 0 radical (unpaired) electrons. The summed E-state index contributed by atoms with van der Waals surface area (Å²) in [5.74, 6) is 0.432. The third kappa shape index (κ3) is 7.91. The predicted molar refractivity (Wildman–Crippen MR) is 116 cm³/mol. The van der Waals surface area contributed by atoms with Crippen LogP contribution in [-0.2, 0) is 14.3 Å². The molecule has 176 valence electrons. The molecule has 0 saturated heterocycles. The molecule has 0 atom stereocenters. The Labute approximate surface area is 183 Å². The van der Waals surface area contributed by atoms with Crippen molar-refractivity contribution in [1.82, 2.24) is 0 Å². The van der Waals surface area contributed by atoms with E-state index in [-0.39, 0.29) is 49.4 Å². The van der Waals surface area contributed by atoms with Gasteiger partial charge in [-0.15, -0.1) is 10.1 Å². The first-order valence-electron chi connectivity index (χ1n) is 9.99. The second kappa shape index (κ2) is 11.7. The van der Waals surface area contributed by atoms with Crippen molar-refractivity contribution in [2.24, 2.45) is 0 Å². The number of methoxy groups -OCH3 is 1. The van der Waals surface area contributed by atoms with E-state index in [0.29, 0.717) is 11.5 Å². The van der Waals surface area contributed by atoms with Crippen LogP contribution in [0.3, 0.4) is 0 Å². The third-order valence-corrected chi connectivity index (χ3v) is 9.19. The van der Waals surface area contributed by atoms with E-state index < -0.39 is 19.4 Å². The van der Waals surface area contributed by atoms with Crippen LogP contribution in [0.15, 0.2) is 12.1 Å². The highest BCUT2D eigenvalue weighted by Gasteiger charge is 2.40. The number of rotatable bonds is 13. The highest BCUT2D eigenvalue weighted by molar-refractivity contribution is 6.74.